The molecule has 4 aliphatic heterocycles. The summed E-state index contributed by atoms with van der Waals surface area (Å²) in [6.07, 6.45) is -8.22. The minimum Gasteiger partial charge on any atom is -0.444 e. The Balaban J connectivity index is 0.000000358. The van der Waals surface area contributed by atoms with Gasteiger partial charge in [-0.05, 0) is 90.1 Å². The fourth-order valence-electron chi connectivity index (χ4n) is 8.92. The molecule has 1 fully saturated rings. The number of aryl methyl sites for hydroxylation is 7. The van der Waals surface area contributed by atoms with E-state index in [0.29, 0.717) is 32.7 Å². The van der Waals surface area contributed by atoms with Gasteiger partial charge in [-0.3, -0.25) is 28.5 Å². The Kier molecular flexibility index (Phi) is 28.5. The lowest BCUT2D eigenvalue weighted by atomic mass is 9.93. The van der Waals surface area contributed by atoms with Gasteiger partial charge in [0.15, 0.2) is 14.1 Å². The highest BCUT2D eigenvalue weighted by atomic mass is 19.4. The molecule has 0 aromatic carbocycles. The standard InChI is InChI=1S/2C13H21N3O2.C12H19NO4.C8H13N3.C8H15N3.2C2HF3O/c1-9-10-8-16(12(17)18-13(2,3)4)7-6-11(10)14-15(9)5;1-9-10-8-16(12(17)18-13(2,3)4)7-6-11(10)15(5)14-9;1-8(14)9-7-13(6-5-10(9)15)11(16)17-12(2,3)4;1-6-7-5-9-4-3-8(7)11(2)10-6;1-7-6-8(4-5-9-2)10-11(7)3;2*3-2(4,5)1-6/h2*6-8H2,1-5H3;9H,5-7H2,1-4H3;9H,3-5H2,1-2H3;6,9H,4-5H2,1-3H3;2*1H/p+2. The van der Waals surface area contributed by atoms with Gasteiger partial charge < -0.3 is 39.5 Å². The highest BCUT2D eigenvalue weighted by Gasteiger charge is 2.35. The summed E-state index contributed by atoms with van der Waals surface area (Å²) in [6.45, 7) is 32.5. The van der Waals surface area contributed by atoms with E-state index in [4.69, 9.17) is 23.8 Å². The molecule has 1 saturated heterocycles. The monoisotopic (exact) mass is 1250 g/mol. The molecule has 1 unspecified atom stereocenters. The number of aromatic nitrogens is 8. The molecule has 8 heterocycles. The number of ketones is 2. The smallest absolute Gasteiger partial charge is 0.444 e. The number of aromatic amines is 2. The second-order valence-corrected chi connectivity index (χ2v) is 24.2. The van der Waals surface area contributed by atoms with Gasteiger partial charge >= 0.3 is 30.6 Å². The van der Waals surface area contributed by atoms with Gasteiger partial charge in [0.2, 0.25) is 24.0 Å². The Labute approximate surface area is 506 Å². The molecule has 4 aromatic rings. The van der Waals surface area contributed by atoms with Crippen molar-refractivity contribution in [2.24, 2.45) is 34.1 Å². The molecule has 0 aliphatic carbocycles. The van der Waals surface area contributed by atoms with Crippen molar-refractivity contribution in [3.63, 3.8) is 0 Å². The van der Waals surface area contributed by atoms with Crippen molar-refractivity contribution < 1.29 is 83.5 Å². The Hall–Kier alpha value is -7.17. The van der Waals surface area contributed by atoms with E-state index in [1.165, 1.54) is 62.8 Å². The maximum absolute atomic E-state index is 12.0. The number of ether oxygens (including phenoxy) is 3. The number of halogens is 6. The number of fused-ring (bicyclic) bond motifs is 3. The maximum Gasteiger partial charge on any atom is 0.446 e. The number of hydrogen-bond acceptors (Lipinski definition) is 14. The predicted molar refractivity (Wildman–Crippen MR) is 309 cm³/mol. The summed E-state index contributed by atoms with van der Waals surface area (Å²) in [4.78, 5) is 80.9. The fourth-order valence-corrected chi connectivity index (χ4v) is 8.92. The van der Waals surface area contributed by atoms with Gasteiger partial charge in [0, 0.05) is 134 Å². The number of nitrogens with zero attached hydrogens (tertiary/aromatic N) is 9. The molecule has 0 spiro atoms. The number of carbonyl (C=O) groups is 7. The van der Waals surface area contributed by atoms with E-state index in [1.54, 1.807) is 30.6 Å². The van der Waals surface area contributed by atoms with Crippen LogP contribution in [0.25, 0.3) is 0 Å². The first-order chi connectivity index (χ1) is 39.9. The second-order valence-electron chi connectivity index (χ2n) is 24.2. The maximum atomic E-state index is 12.0. The number of likely N-dealkylation sites (N-methyl/N-ethyl adjacent to an activating group) is 1. The molecule has 490 valence electrons. The molecule has 3 amide bonds. The van der Waals surface area contributed by atoms with Gasteiger partial charge in [0.1, 0.15) is 28.4 Å². The minimum absolute atomic E-state index is 0.0858. The molecule has 1 atom stereocenters. The van der Waals surface area contributed by atoms with Gasteiger partial charge in [-0.25, -0.2) is 14.4 Å². The number of hydrogen-bond donors (Lipinski definition) is 4. The van der Waals surface area contributed by atoms with Crippen LogP contribution in [0.4, 0.5) is 40.7 Å². The summed E-state index contributed by atoms with van der Waals surface area (Å²) in [5, 5.41) is 21.8. The summed E-state index contributed by atoms with van der Waals surface area (Å²) < 4.78 is 86.5. The average Bonchev–Trinajstić information content (AvgIpc) is 1.92. The van der Waals surface area contributed by atoms with E-state index < -0.39 is 53.7 Å². The lowest BCUT2D eigenvalue weighted by Gasteiger charge is -2.32. The van der Waals surface area contributed by atoms with E-state index in [1.807, 2.05) is 102 Å². The van der Waals surface area contributed by atoms with Crippen LogP contribution in [0.3, 0.4) is 0 Å². The summed E-state index contributed by atoms with van der Waals surface area (Å²) >= 11 is 0. The number of alkyl halides is 6. The minimum atomic E-state index is -4.64. The van der Waals surface area contributed by atoms with Crippen LogP contribution in [0.2, 0.25) is 0 Å². The third-order valence-electron chi connectivity index (χ3n) is 13.3. The average molecular weight is 1250 g/mol. The van der Waals surface area contributed by atoms with Gasteiger partial charge in [-0.15, -0.1) is 9.36 Å². The van der Waals surface area contributed by atoms with E-state index in [0.717, 1.165) is 56.6 Å². The second kappa shape index (κ2) is 32.7. The molecule has 4 aliphatic rings. The van der Waals surface area contributed by atoms with Crippen molar-refractivity contribution in [2.45, 2.75) is 178 Å². The van der Waals surface area contributed by atoms with Crippen LogP contribution in [0.1, 0.15) is 138 Å². The third-order valence-corrected chi connectivity index (χ3v) is 13.3. The number of rotatable bonds is 4. The highest BCUT2D eigenvalue weighted by molar-refractivity contribution is 6.02. The molecule has 0 radical (unpaired) electrons. The number of amides is 3. The predicted octanol–water partition coefficient (Wildman–Crippen LogP) is 6.64. The molecule has 87 heavy (non-hydrogen) atoms. The van der Waals surface area contributed by atoms with Crippen molar-refractivity contribution in [2.75, 3.05) is 46.3 Å². The normalized spacial score (nSPS) is 15.5. The van der Waals surface area contributed by atoms with Gasteiger partial charge in [-0.2, -0.15) is 46.7 Å². The van der Waals surface area contributed by atoms with Crippen LogP contribution in [-0.2, 0) is 107 Å². The van der Waals surface area contributed by atoms with Crippen LogP contribution in [-0.4, -0.2) is 162 Å². The zero-order valence-corrected chi connectivity index (χ0v) is 54.1. The number of aldehydes is 2. The molecule has 4 N–H and O–H groups in total. The highest BCUT2D eigenvalue weighted by Crippen LogP contribution is 2.25. The van der Waals surface area contributed by atoms with Crippen LogP contribution in [0, 0.1) is 33.6 Å². The number of nitrogens with one attached hydrogen (secondary N) is 4. The topological polar surface area (TPSA) is 256 Å². The fraction of sp³-hybridized carbons (Fsp3) is 0.672. The Bertz CT molecular complexity index is 2850. The lowest BCUT2D eigenvalue weighted by molar-refractivity contribution is -0.732. The summed E-state index contributed by atoms with van der Waals surface area (Å²) in [5.74, 6) is -0.961. The number of H-pyrrole nitrogens is 2. The molecular weight excluding hydrogens is 1150 g/mol. The summed E-state index contributed by atoms with van der Waals surface area (Å²) in [5.41, 5.74) is 12.1. The Morgan fingerprint density at radius 1 is 0.667 bits per heavy atom. The zero-order valence-electron chi connectivity index (χ0n) is 54.1. The zero-order chi connectivity index (χ0) is 66.7. The van der Waals surface area contributed by atoms with E-state index in [2.05, 4.69) is 57.9 Å². The number of carbonyl (C=O) groups excluding carboxylic acids is 7. The van der Waals surface area contributed by atoms with E-state index >= 15 is 0 Å². The lowest BCUT2D eigenvalue weighted by Crippen LogP contribution is -2.48. The van der Waals surface area contributed by atoms with Crippen molar-refractivity contribution in [1.82, 2.24) is 55.1 Å². The van der Waals surface area contributed by atoms with Crippen molar-refractivity contribution in [1.29, 1.82) is 0 Å². The summed E-state index contributed by atoms with van der Waals surface area (Å²) in [7, 11) is 9.96. The first-order valence-corrected chi connectivity index (χ1v) is 28.4. The molecule has 4 aromatic heterocycles. The van der Waals surface area contributed by atoms with Crippen molar-refractivity contribution in [3.05, 3.63) is 68.3 Å². The molecule has 23 nitrogen and oxygen atoms in total. The van der Waals surface area contributed by atoms with Gasteiger partial charge in [-0.1, -0.05) is 0 Å². The first kappa shape index (κ1) is 75.9. The molecule has 29 heteroatoms. The number of Topliss-reactive ketones (excluding diaryl/α,β-unsaturated/α-hetero) is 2. The number of piperidine rings is 1. The van der Waals surface area contributed by atoms with Crippen molar-refractivity contribution in [3.8, 4) is 0 Å². The molecule has 8 rings (SSSR count). The molecule has 0 bridgehead atoms. The van der Waals surface area contributed by atoms with E-state index in [-0.39, 0.29) is 36.7 Å². The van der Waals surface area contributed by atoms with Crippen LogP contribution in [0.15, 0.2) is 6.07 Å². The van der Waals surface area contributed by atoms with Crippen LogP contribution >= 0.6 is 0 Å². The molecule has 0 saturated carbocycles. The third kappa shape index (κ3) is 26.8. The van der Waals surface area contributed by atoms with Crippen LogP contribution < -0.4 is 20.0 Å². The summed E-state index contributed by atoms with van der Waals surface area (Å²) in [6, 6.07) is 2.18. The SMILES string of the molecule is CC(=O)C1CN(C(=O)OC(C)(C)C)CCC1=O.CNCCc1cc(C)[n+](C)[nH]1.Cc1c2c([nH][n+]1C)CCN(C(=O)OC(C)(C)C)C2.Cc1nn(C)c2c1CN(C(=O)OC(C)(C)C)CC2.Cc1nn(C)c2c1CNCC2.O=CC(F)(F)F.O=CC(F)(F)F. The molecular formula is C58H93F6N13O10+2. The quantitative estimate of drug-likeness (QED) is 0.0549. The largest absolute Gasteiger partial charge is 0.446 e. The number of likely N-dealkylation sites (tertiary alicyclic amines) is 1. The van der Waals surface area contributed by atoms with Crippen molar-refractivity contribution >= 4 is 42.4 Å². The van der Waals surface area contributed by atoms with Crippen LogP contribution in [0.5, 0.6) is 0 Å². The Morgan fingerprint density at radius 3 is 1.53 bits per heavy atom. The van der Waals surface area contributed by atoms with Gasteiger partial charge in [0.25, 0.3) is 0 Å². The van der Waals surface area contributed by atoms with E-state index in [9.17, 15) is 50.3 Å². The van der Waals surface area contributed by atoms with Gasteiger partial charge in [0.05, 0.1) is 47.3 Å². The Morgan fingerprint density at radius 2 is 1.10 bits per heavy atom. The first-order valence-electron chi connectivity index (χ1n) is 28.4.